The molecule has 0 aliphatic heterocycles. The summed E-state index contributed by atoms with van der Waals surface area (Å²) in [4.78, 5) is 27.0. The lowest BCUT2D eigenvalue weighted by Crippen LogP contribution is -2.49. The van der Waals surface area contributed by atoms with Crippen LogP contribution in [0.5, 0.6) is 0 Å². The Balaban J connectivity index is 1.20. The zero-order chi connectivity index (χ0) is 31.2. The average molecular weight is 597 g/mol. The van der Waals surface area contributed by atoms with Gasteiger partial charge in [0, 0.05) is 13.0 Å². The second kappa shape index (κ2) is 13.2. The van der Waals surface area contributed by atoms with E-state index < -0.39 is 23.6 Å². The maximum absolute atomic E-state index is 13.3. The Kier molecular flexibility index (Phi) is 8.76. The molecule has 1 atom stereocenters. The molecule has 0 spiro atoms. The molecule has 45 heavy (non-hydrogen) atoms. The number of aliphatic carboxylic acids is 1. The normalized spacial score (nSPS) is 13.0. The number of amides is 1. The first kappa shape index (κ1) is 29.9. The van der Waals surface area contributed by atoms with Crippen LogP contribution in [0.3, 0.4) is 0 Å². The predicted octanol–water partition coefficient (Wildman–Crippen LogP) is 7.29. The number of carboxylic acids is 1. The number of nitrogens with one attached hydrogen (secondary N) is 1. The monoisotopic (exact) mass is 596 g/mol. The topological polar surface area (TPSA) is 78.9 Å². The summed E-state index contributed by atoms with van der Waals surface area (Å²) in [6, 6.07) is 45.6. The van der Waals surface area contributed by atoms with Crippen LogP contribution in [0.1, 0.15) is 40.2 Å². The van der Waals surface area contributed by atoms with Crippen molar-refractivity contribution in [3.63, 3.8) is 0 Å². The van der Waals surface area contributed by atoms with Gasteiger partial charge in [-0.05, 0) is 51.9 Å². The van der Waals surface area contributed by atoms with Crippen molar-refractivity contribution in [2.45, 2.75) is 23.9 Å². The van der Waals surface area contributed by atoms with Gasteiger partial charge in [-0.25, -0.2) is 9.59 Å². The van der Waals surface area contributed by atoms with Crippen molar-refractivity contribution < 1.29 is 19.4 Å². The average Bonchev–Trinajstić information content (AvgIpc) is 3.41. The first-order valence-corrected chi connectivity index (χ1v) is 15.2. The minimum atomic E-state index is -1.09. The maximum atomic E-state index is 13.3. The molecule has 6 rings (SSSR count). The van der Waals surface area contributed by atoms with Gasteiger partial charge in [-0.1, -0.05) is 140 Å². The van der Waals surface area contributed by atoms with Gasteiger partial charge in [-0.3, -0.25) is 10.2 Å². The lowest BCUT2D eigenvalue weighted by atomic mass is 9.77. The Morgan fingerprint density at radius 1 is 0.711 bits per heavy atom. The molecule has 1 unspecified atom stereocenters. The second-order valence-electron chi connectivity index (χ2n) is 11.3. The van der Waals surface area contributed by atoms with Crippen molar-refractivity contribution in [3.8, 4) is 11.1 Å². The molecule has 1 aliphatic carbocycles. The zero-order valence-corrected chi connectivity index (χ0v) is 25.2. The first-order chi connectivity index (χ1) is 22.0. The summed E-state index contributed by atoms with van der Waals surface area (Å²) in [5.74, 6) is -1.19. The van der Waals surface area contributed by atoms with E-state index in [4.69, 9.17) is 4.74 Å². The number of fused-ring (bicyclic) bond motifs is 3. The van der Waals surface area contributed by atoms with E-state index in [0.29, 0.717) is 6.54 Å². The third-order valence-corrected chi connectivity index (χ3v) is 8.80. The van der Waals surface area contributed by atoms with Gasteiger partial charge in [0.25, 0.3) is 0 Å². The van der Waals surface area contributed by atoms with Gasteiger partial charge in [0.2, 0.25) is 0 Å². The summed E-state index contributed by atoms with van der Waals surface area (Å²) in [6.07, 6.45) is -0.491. The van der Waals surface area contributed by atoms with Crippen molar-refractivity contribution in [1.29, 1.82) is 0 Å². The fourth-order valence-corrected chi connectivity index (χ4v) is 6.57. The summed E-state index contributed by atoms with van der Waals surface area (Å²) in [5.41, 5.74) is 6.82. The predicted molar refractivity (Wildman–Crippen MR) is 176 cm³/mol. The summed E-state index contributed by atoms with van der Waals surface area (Å²) in [7, 11) is 1.50. The number of carbonyl (C=O) groups excluding carboxylic acids is 1. The number of carboxylic acid groups (broad SMARTS) is 1. The minimum absolute atomic E-state index is 0.108. The van der Waals surface area contributed by atoms with Crippen LogP contribution in [-0.2, 0) is 15.1 Å². The molecule has 1 amide bonds. The third kappa shape index (κ3) is 5.85. The number of hydrogen-bond acceptors (Lipinski definition) is 4. The number of nitrogens with zero attached hydrogens (tertiary/aromatic N) is 1. The molecule has 0 saturated carbocycles. The Bertz CT molecular complexity index is 1620. The van der Waals surface area contributed by atoms with Crippen molar-refractivity contribution in [1.82, 2.24) is 10.2 Å². The highest BCUT2D eigenvalue weighted by Gasteiger charge is 2.37. The molecular weight excluding hydrogens is 560 g/mol. The molecule has 1 aliphatic rings. The number of ether oxygens (including phenoxy) is 1. The zero-order valence-electron chi connectivity index (χ0n) is 25.2. The molecule has 6 nitrogen and oxygen atoms in total. The Labute approximate surface area is 263 Å². The summed E-state index contributed by atoms with van der Waals surface area (Å²) >= 11 is 0. The van der Waals surface area contributed by atoms with Gasteiger partial charge in [0.1, 0.15) is 12.6 Å². The Morgan fingerprint density at radius 3 is 1.58 bits per heavy atom. The molecule has 0 aromatic heterocycles. The van der Waals surface area contributed by atoms with Crippen LogP contribution >= 0.6 is 0 Å². The standard InChI is InChI=1S/C39H36N2O4/c1-41(38(44)45-27-35-33-23-13-11-21-31(33)32-22-12-14-24-34(32)35)36(37(42)43)25-26-40-39(28-15-5-2-6-16-28,29-17-7-3-8-18-29)30-19-9-4-10-20-30/h2-24,35-36,40H,25-27H2,1H3,(H,42,43). The van der Waals surface area contributed by atoms with Gasteiger partial charge in [-0.15, -0.1) is 0 Å². The number of benzene rings is 5. The minimum Gasteiger partial charge on any atom is -0.480 e. The maximum Gasteiger partial charge on any atom is 0.410 e. The second-order valence-corrected chi connectivity index (χ2v) is 11.3. The van der Waals surface area contributed by atoms with Crippen LogP contribution < -0.4 is 5.32 Å². The molecule has 6 heteroatoms. The third-order valence-electron chi connectivity index (χ3n) is 8.80. The summed E-state index contributed by atoms with van der Waals surface area (Å²) < 4.78 is 5.79. The molecule has 0 radical (unpaired) electrons. The molecule has 226 valence electrons. The fraction of sp³-hybridized carbons (Fsp3) is 0.179. The van der Waals surface area contributed by atoms with E-state index in [1.54, 1.807) is 0 Å². The molecule has 5 aromatic carbocycles. The molecule has 0 saturated heterocycles. The number of rotatable bonds is 11. The van der Waals surface area contributed by atoms with Crippen molar-refractivity contribution in [2.75, 3.05) is 20.2 Å². The highest BCUT2D eigenvalue weighted by molar-refractivity contribution is 5.81. The van der Waals surface area contributed by atoms with Gasteiger partial charge in [-0.2, -0.15) is 0 Å². The van der Waals surface area contributed by atoms with E-state index in [2.05, 4.69) is 66.0 Å². The van der Waals surface area contributed by atoms with E-state index >= 15 is 0 Å². The summed E-state index contributed by atoms with van der Waals surface area (Å²) in [5, 5.41) is 14.0. The van der Waals surface area contributed by atoms with Crippen LogP contribution in [-0.4, -0.2) is 48.3 Å². The van der Waals surface area contributed by atoms with Gasteiger partial charge >= 0.3 is 12.1 Å². The van der Waals surface area contributed by atoms with Crippen LogP contribution in [0.15, 0.2) is 140 Å². The molecule has 0 heterocycles. The van der Waals surface area contributed by atoms with E-state index in [1.807, 2.05) is 78.9 Å². The lowest BCUT2D eigenvalue weighted by Gasteiger charge is -2.38. The largest absolute Gasteiger partial charge is 0.480 e. The molecule has 2 N–H and O–H groups in total. The Hall–Kier alpha value is -5.20. The Morgan fingerprint density at radius 2 is 1.13 bits per heavy atom. The number of likely N-dealkylation sites (N-methyl/N-ethyl adjacent to an activating group) is 1. The molecule has 0 bridgehead atoms. The number of carbonyl (C=O) groups is 2. The quantitative estimate of drug-likeness (QED) is 0.157. The van der Waals surface area contributed by atoms with Crippen LogP contribution in [0.2, 0.25) is 0 Å². The van der Waals surface area contributed by atoms with Crippen molar-refractivity contribution in [2.24, 2.45) is 0 Å². The fourth-order valence-electron chi connectivity index (χ4n) is 6.57. The SMILES string of the molecule is CN(C(=O)OCC1c2ccccc2-c2ccccc21)C(CCNC(c1ccccc1)(c1ccccc1)c1ccccc1)C(=O)O. The van der Waals surface area contributed by atoms with Crippen molar-refractivity contribution in [3.05, 3.63) is 167 Å². The first-order valence-electron chi connectivity index (χ1n) is 15.2. The van der Waals surface area contributed by atoms with Gasteiger partial charge in [0.15, 0.2) is 0 Å². The van der Waals surface area contributed by atoms with E-state index in [0.717, 1.165) is 38.9 Å². The van der Waals surface area contributed by atoms with Crippen LogP contribution in [0, 0.1) is 0 Å². The van der Waals surface area contributed by atoms with Crippen LogP contribution in [0.25, 0.3) is 11.1 Å². The molecule has 5 aromatic rings. The molecular formula is C39H36N2O4. The van der Waals surface area contributed by atoms with E-state index in [-0.39, 0.29) is 18.9 Å². The van der Waals surface area contributed by atoms with E-state index in [9.17, 15) is 14.7 Å². The molecule has 0 fully saturated rings. The number of hydrogen-bond donors (Lipinski definition) is 2. The van der Waals surface area contributed by atoms with Gasteiger partial charge in [0.05, 0.1) is 5.54 Å². The smallest absolute Gasteiger partial charge is 0.410 e. The van der Waals surface area contributed by atoms with E-state index in [1.165, 1.54) is 11.9 Å². The summed E-state index contributed by atoms with van der Waals surface area (Å²) in [6.45, 7) is 0.442. The van der Waals surface area contributed by atoms with Crippen LogP contribution in [0.4, 0.5) is 4.79 Å². The van der Waals surface area contributed by atoms with Gasteiger partial charge < -0.3 is 9.84 Å². The highest BCUT2D eigenvalue weighted by atomic mass is 16.6. The lowest BCUT2D eigenvalue weighted by molar-refractivity contribution is -0.142. The van der Waals surface area contributed by atoms with Crippen molar-refractivity contribution >= 4 is 12.1 Å². The highest BCUT2D eigenvalue weighted by Crippen LogP contribution is 2.44.